The van der Waals surface area contributed by atoms with Crippen LogP contribution in [0.1, 0.15) is 21.5 Å². The summed E-state index contributed by atoms with van der Waals surface area (Å²) in [6.07, 6.45) is 7.79. The minimum atomic E-state index is -0.343. The molecular formula is C26H19N3O2. The van der Waals surface area contributed by atoms with Crippen molar-refractivity contribution in [3.05, 3.63) is 120 Å². The van der Waals surface area contributed by atoms with Gasteiger partial charge < -0.3 is 9.64 Å². The number of aliphatic imine (C=N–C) groups is 2. The van der Waals surface area contributed by atoms with E-state index in [1.165, 1.54) is 0 Å². The Labute approximate surface area is 180 Å². The minimum absolute atomic E-state index is 0.343. The molecular weight excluding hydrogens is 386 g/mol. The number of carbonyl (C=O) groups excluding carboxylic acids is 1. The molecule has 3 aromatic rings. The number of benzene rings is 3. The molecule has 2 heterocycles. The second-order valence-electron chi connectivity index (χ2n) is 7.14. The third-order valence-electron chi connectivity index (χ3n) is 5.02. The lowest BCUT2D eigenvalue weighted by Gasteiger charge is -2.20. The second-order valence-corrected chi connectivity index (χ2v) is 7.14. The highest BCUT2D eigenvalue weighted by Gasteiger charge is 2.20. The molecule has 0 radical (unpaired) electrons. The molecule has 2 aliphatic heterocycles. The van der Waals surface area contributed by atoms with Gasteiger partial charge in [0.15, 0.2) is 5.84 Å². The van der Waals surface area contributed by atoms with E-state index < -0.39 is 0 Å². The van der Waals surface area contributed by atoms with Crippen LogP contribution in [-0.2, 0) is 6.54 Å². The summed E-state index contributed by atoms with van der Waals surface area (Å²) in [5, 5.41) is 0. The van der Waals surface area contributed by atoms with Gasteiger partial charge in [-0.25, -0.2) is 4.99 Å². The molecule has 0 saturated carbocycles. The van der Waals surface area contributed by atoms with Gasteiger partial charge in [0.25, 0.3) is 5.91 Å². The standard InChI is InChI=1S/C26H19N3O2/c30-26(19-13-15-22(16-14-19)31-21-9-2-1-3-10-21)28-25-23-11-5-4-8-20(23)18-29-17-7-6-12-24(29)27-25/h1-17H,18H2. The fraction of sp³-hybridized carbons (Fsp3) is 0.0385. The number of nitrogens with zero attached hydrogens (tertiary/aromatic N) is 3. The zero-order valence-corrected chi connectivity index (χ0v) is 16.7. The van der Waals surface area contributed by atoms with Crippen LogP contribution in [0.5, 0.6) is 11.5 Å². The summed E-state index contributed by atoms with van der Waals surface area (Å²) in [6, 6.07) is 24.4. The first-order valence-electron chi connectivity index (χ1n) is 10.0. The summed E-state index contributed by atoms with van der Waals surface area (Å²) >= 11 is 0. The third kappa shape index (κ3) is 4.07. The number of amidine groups is 2. The number of ether oxygens (including phenoxy) is 1. The molecule has 2 aliphatic rings. The van der Waals surface area contributed by atoms with Gasteiger partial charge in [0.1, 0.15) is 17.3 Å². The molecule has 5 rings (SSSR count). The largest absolute Gasteiger partial charge is 0.457 e. The Morgan fingerprint density at radius 2 is 1.61 bits per heavy atom. The fourth-order valence-electron chi connectivity index (χ4n) is 3.47. The Kier molecular flexibility index (Phi) is 4.99. The van der Waals surface area contributed by atoms with E-state index in [1.54, 1.807) is 24.3 Å². The van der Waals surface area contributed by atoms with E-state index >= 15 is 0 Å². The normalized spacial score (nSPS) is 15.7. The van der Waals surface area contributed by atoms with Gasteiger partial charge in [0.2, 0.25) is 0 Å². The molecule has 3 aromatic carbocycles. The topological polar surface area (TPSA) is 54.3 Å². The molecule has 0 bridgehead atoms. The molecule has 0 atom stereocenters. The molecule has 0 unspecified atom stereocenters. The molecule has 0 aliphatic carbocycles. The molecule has 0 fully saturated rings. The van der Waals surface area contributed by atoms with Crippen LogP contribution < -0.4 is 4.74 Å². The summed E-state index contributed by atoms with van der Waals surface area (Å²) in [4.78, 5) is 24.0. The van der Waals surface area contributed by atoms with E-state index in [1.807, 2.05) is 83.9 Å². The number of rotatable bonds is 3. The second kappa shape index (κ2) is 8.24. The summed E-state index contributed by atoms with van der Waals surface area (Å²) in [5.41, 5.74) is 2.41. The first kappa shape index (κ1) is 18.8. The lowest BCUT2D eigenvalue weighted by Crippen LogP contribution is -2.24. The van der Waals surface area contributed by atoms with E-state index in [-0.39, 0.29) is 5.91 Å². The summed E-state index contributed by atoms with van der Waals surface area (Å²) in [7, 11) is 0. The zero-order chi connectivity index (χ0) is 21.0. The van der Waals surface area contributed by atoms with E-state index in [2.05, 4.69) is 9.98 Å². The molecule has 0 spiro atoms. The first-order chi connectivity index (χ1) is 15.3. The van der Waals surface area contributed by atoms with Crippen molar-refractivity contribution in [2.45, 2.75) is 6.54 Å². The van der Waals surface area contributed by atoms with Gasteiger partial charge in [-0.3, -0.25) is 4.79 Å². The van der Waals surface area contributed by atoms with Crippen molar-refractivity contribution in [1.29, 1.82) is 0 Å². The maximum atomic E-state index is 12.9. The van der Waals surface area contributed by atoms with E-state index in [9.17, 15) is 4.79 Å². The van der Waals surface area contributed by atoms with E-state index in [4.69, 9.17) is 4.74 Å². The van der Waals surface area contributed by atoms with Crippen LogP contribution in [-0.4, -0.2) is 22.5 Å². The van der Waals surface area contributed by atoms with Crippen LogP contribution >= 0.6 is 0 Å². The van der Waals surface area contributed by atoms with Gasteiger partial charge in [-0.2, -0.15) is 4.99 Å². The lowest BCUT2D eigenvalue weighted by atomic mass is 10.1. The Morgan fingerprint density at radius 1 is 0.871 bits per heavy atom. The number of carbonyl (C=O) groups is 1. The van der Waals surface area contributed by atoms with Crippen LogP contribution in [0.15, 0.2) is 113 Å². The summed E-state index contributed by atoms with van der Waals surface area (Å²) in [6.45, 7) is 0.675. The third-order valence-corrected chi connectivity index (χ3v) is 5.02. The van der Waals surface area contributed by atoms with Gasteiger partial charge in [-0.1, -0.05) is 48.5 Å². The van der Waals surface area contributed by atoms with Crippen LogP contribution in [0, 0.1) is 0 Å². The number of fused-ring (bicyclic) bond motifs is 2. The Morgan fingerprint density at radius 3 is 2.45 bits per heavy atom. The van der Waals surface area contributed by atoms with Crippen molar-refractivity contribution < 1.29 is 9.53 Å². The van der Waals surface area contributed by atoms with Gasteiger partial charge in [0, 0.05) is 23.9 Å². The maximum Gasteiger partial charge on any atom is 0.279 e. The van der Waals surface area contributed by atoms with Gasteiger partial charge in [-0.05, 0) is 54.1 Å². The summed E-state index contributed by atoms with van der Waals surface area (Å²) in [5.74, 6) is 2.24. The van der Waals surface area contributed by atoms with Crippen LogP contribution in [0.3, 0.4) is 0 Å². The van der Waals surface area contributed by atoms with Crippen molar-refractivity contribution in [2.75, 3.05) is 0 Å². The molecule has 150 valence electrons. The van der Waals surface area contributed by atoms with Crippen molar-refractivity contribution in [2.24, 2.45) is 9.98 Å². The highest BCUT2D eigenvalue weighted by Crippen LogP contribution is 2.23. The van der Waals surface area contributed by atoms with Gasteiger partial charge in [-0.15, -0.1) is 0 Å². The Balaban J connectivity index is 1.44. The lowest BCUT2D eigenvalue weighted by molar-refractivity contribution is 0.100. The predicted octanol–water partition coefficient (Wildman–Crippen LogP) is 5.36. The molecule has 1 amide bonds. The number of para-hydroxylation sites is 1. The maximum absolute atomic E-state index is 12.9. The molecule has 0 N–H and O–H groups in total. The molecule has 0 aromatic heterocycles. The molecule has 0 saturated heterocycles. The number of hydrogen-bond acceptors (Lipinski definition) is 3. The molecule has 5 nitrogen and oxygen atoms in total. The van der Waals surface area contributed by atoms with Crippen molar-refractivity contribution >= 4 is 17.6 Å². The number of hydrogen-bond donors (Lipinski definition) is 0. The van der Waals surface area contributed by atoms with Crippen LogP contribution in [0.25, 0.3) is 0 Å². The predicted molar refractivity (Wildman–Crippen MR) is 122 cm³/mol. The summed E-state index contributed by atoms with van der Waals surface area (Å²) < 4.78 is 5.80. The average Bonchev–Trinajstić information content (AvgIpc) is 2.97. The highest BCUT2D eigenvalue weighted by atomic mass is 16.5. The smallest absolute Gasteiger partial charge is 0.279 e. The quantitative estimate of drug-likeness (QED) is 0.589. The molecule has 31 heavy (non-hydrogen) atoms. The Hall–Kier alpha value is -4.25. The number of allylic oxidation sites excluding steroid dienone is 2. The first-order valence-corrected chi connectivity index (χ1v) is 10.0. The van der Waals surface area contributed by atoms with Crippen LogP contribution in [0.2, 0.25) is 0 Å². The van der Waals surface area contributed by atoms with Crippen molar-refractivity contribution in [1.82, 2.24) is 4.90 Å². The fourth-order valence-corrected chi connectivity index (χ4v) is 3.47. The van der Waals surface area contributed by atoms with Crippen molar-refractivity contribution in [3.63, 3.8) is 0 Å². The zero-order valence-electron chi connectivity index (χ0n) is 16.7. The number of amides is 1. The monoisotopic (exact) mass is 405 g/mol. The minimum Gasteiger partial charge on any atom is -0.457 e. The Bertz CT molecular complexity index is 1240. The van der Waals surface area contributed by atoms with Crippen LogP contribution in [0.4, 0.5) is 0 Å². The van der Waals surface area contributed by atoms with Gasteiger partial charge in [0.05, 0.1) is 0 Å². The highest BCUT2D eigenvalue weighted by molar-refractivity contribution is 6.16. The molecule has 5 heteroatoms. The van der Waals surface area contributed by atoms with Crippen molar-refractivity contribution in [3.8, 4) is 11.5 Å². The van der Waals surface area contributed by atoms with Gasteiger partial charge >= 0.3 is 0 Å². The SMILES string of the molecule is O=C(N=C1N=C2C=CC=CN2Cc2ccccc21)c1ccc(Oc2ccccc2)cc1. The van der Waals surface area contributed by atoms with E-state index in [0.717, 1.165) is 22.7 Å². The average molecular weight is 405 g/mol. The van der Waals surface area contributed by atoms with E-state index in [0.29, 0.717) is 23.7 Å².